The molecule has 1 aromatic heterocycles. The van der Waals surface area contributed by atoms with Gasteiger partial charge < -0.3 is 15.6 Å². The normalized spacial score (nSPS) is 20.4. The number of aromatic nitrogens is 1. The van der Waals surface area contributed by atoms with Gasteiger partial charge in [0.2, 0.25) is 0 Å². The molecule has 0 bridgehead atoms. The number of aromatic amines is 1. The van der Waals surface area contributed by atoms with E-state index in [9.17, 15) is 4.79 Å². The van der Waals surface area contributed by atoms with Crippen molar-refractivity contribution in [3.05, 3.63) is 20.7 Å². The van der Waals surface area contributed by atoms with E-state index in [1.54, 1.807) is 0 Å². The van der Waals surface area contributed by atoms with Gasteiger partial charge in [-0.25, -0.2) is 0 Å². The largest absolute Gasteiger partial charge is 0.316 e. The number of H-pyrrole nitrogens is 1. The van der Waals surface area contributed by atoms with Gasteiger partial charge in [0.05, 0.1) is 0 Å². The van der Waals surface area contributed by atoms with Crippen molar-refractivity contribution < 1.29 is 0 Å². The Balaban J connectivity index is 1.53. The summed E-state index contributed by atoms with van der Waals surface area (Å²) in [4.78, 5) is 13.7. The van der Waals surface area contributed by atoms with Crippen LogP contribution in [0.5, 0.6) is 0 Å². The molecule has 0 aromatic carbocycles. The standard InChI is InChI=1S/C11H19N3OS/c15-11-14-10(8-16-11)7-12-4-1-2-9-3-5-13-6-9/h8-9,12-13H,1-7H2,(H,14,15). The summed E-state index contributed by atoms with van der Waals surface area (Å²) in [6.07, 6.45) is 3.86. The van der Waals surface area contributed by atoms with Crippen molar-refractivity contribution in [3.8, 4) is 0 Å². The molecule has 90 valence electrons. The van der Waals surface area contributed by atoms with Crippen LogP contribution in [0.15, 0.2) is 10.2 Å². The van der Waals surface area contributed by atoms with Crippen LogP contribution in [0.4, 0.5) is 0 Å². The first kappa shape index (κ1) is 11.8. The minimum Gasteiger partial charge on any atom is -0.316 e. The Bertz CT molecular complexity index is 354. The first-order valence-electron chi connectivity index (χ1n) is 5.93. The zero-order chi connectivity index (χ0) is 11.2. The molecule has 1 saturated heterocycles. The predicted octanol–water partition coefficient (Wildman–Crippen LogP) is 0.916. The number of hydrogen-bond acceptors (Lipinski definition) is 4. The maximum absolute atomic E-state index is 10.9. The lowest BCUT2D eigenvalue weighted by Crippen LogP contribution is -2.17. The maximum Gasteiger partial charge on any atom is 0.304 e. The highest BCUT2D eigenvalue weighted by Crippen LogP contribution is 2.13. The Kier molecular flexibility index (Phi) is 4.56. The van der Waals surface area contributed by atoms with Crippen molar-refractivity contribution in [2.45, 2.75) is 25.8 Å². The van der Waals surface area contributed by atoms with Crippen LogP contribution in [-0.2, 0) is 6.54 Å². The summed E-state index contributed by atoms with van der Waals surface area (Å²) >= 11 is 1.23. The van der Waals surface area contributed by atoms with Crippen molar-refractivity contribution in [2.75, 3.05) is 19.6 Å². The van der Waals surface area contributed by atoms with Gasteiger partial charge in [-0.3, -0.25) is 4.79 Å². The van der Waals surface area contributed by atoms with E-state index in [4.69, 9.17) is 0 Å². The summed E-state index contributed by atoms with van der Waals surface area (Å²) in [5.74, 6) is 0.878. The molecular formula is C11H19N3OS. The summed E-state index contributed by atoms with van der Waals surface area (Å²) in [6.45, 7) is 4.20. The minimum absolute atomic E-state index is 0.0360. The van der Waals surface area contributed by atoms with E-state index in [0.29, 0.717) is 0 Å². The Morgan fingerprint density at radius 2 is 2.50 bits per heavy atom. The fourth-order valence-corrected chi connectivity index (χ4v) is 2.68. The van der Waals surface area contributed by atoms with Gasteiger partial charge in [-0.05, 0) is 44.8 Å². The van der Waals surface area contributed by atoms with E-state index >= 15 is 0 Å². The highest BCUT2D eigenvalue weighted by Gasteiger charge is 2.12. The molecule has 1 unspecified atom stereocenters. The molecular weight excluding hydrogens is 222 g/mol. The second-order valence-corrected chi connectivity index (χ2v) is 5.19. The molecule has 2 heterocycles. The quantitative estimate of drug-likeness (QED) is 0.649. The predicted molar refractivity (Wildman–Crippen MR) is 66.9 cm³/mol. The van der Waals surface area contributed by atoms with E-state index in [-0.39, 0.29) is 4.87 Å². The minimum atomic E-state index is 0.0360. The number of thiazole rings is 1. The zero-order valence-corrected chi connectivity index (χ0v) is 10.2. The Hall–Kier alpha value is -0.650. The third-order valence-electron chi connectivity index (χ3n) is 3.01. The average Bonchev–Trinajstić information content (AvgIpc) is 2.89. The lowest BCUT2D eigenvalue weighted by Gasteiger charge is -2.07. The zero-order valence-electron chi connectivity index (χ0n) is 9.42. The van der Waals surface area contributed by atoms with Crippen molar-refractivity contribution in [3.63, 3.8) is 0 Å². The fourth-order valence-electron chi connectivity index (χ4n) is 2.10. The molecule has 0 saturated carbocycles. The average molecular weight is 241 g/mol. The monoisotopic (exact) mass is 241 g/mol. The molecule has 2 rings (SSSR count). The third-order valence-corrected chi connectivity index (χ3v) is 3.73. The van der Waals surface area contributed by atoms with Gasteiger partial charge in [0.15, 0.2) is 0 Å². The smallest absolute Gasteiger partial charge is 0.304 e. The van der Waals surface area contributed by atoms with E-state index in [1.807, 2.05) is 5.38 Å². The Morgan fingerprint density at radius 3 is 3.19 bits per heavy atom. The van der Waals surface area contributed by atoms with Crippen LogP contribution >= 0.6 is 11.3 Å². The molecule has 1 fully saturated rings. The van der Waals surface area contributed by atoms with Gasteiger partial charge >= 0.3 is 4.87 Å². The number of hydrogen-bond donors (Lipinski definition) is 3. The molecule has 0 amide bonds. The highest BCUT2D eigenvalue weighted by atomic mass is 32.1. The number of rotatable bonds is 6. The summed E-state index contributed by atoms with van der Waals surface area (Å²) in [5.41, 5.74) is 0.998. The van der Waals surface area contributed by atoms with Crippen LogP contribution in [0.1, 0.15) is 25.0 Å². The summed E-state index contributed by atoms with van der Waals surface area (Å²) in [7, 11) is 0. The summed E-state index contributed by atoms with van der Waals surface area (Å²) < 4.78 is 0. The molecule has 0 aliphatic carbocycles. The lowest BCUT2D eigenvalue weighted by molar-refractivity contribution is 0.491. The topological polar surface area (TPSA) is 56.9 Å². The second kappa shape index (κ2) is 6.18. The molecule has 4 nitrogen and oxygen atoms in total. The molecule has 1 atom stereocenters. The van der Waals surface area contributed by atoms with Crippen LogP contribution < -0.4 is 15.5 Å². The van der Waals surface area contributed by atoms with Gasteiger partial charge in [-0.1, -0.05) is 11.3 Å². The second-order valence-electron chi connectivity index (χ2n) is 4.35. The van der Waals surface area contributed by atoms with Crippen LogP contribution in [0.3, 0.4) is 0 Å². The molecule has 0 spiro atoms. The molecule has 16 heavy (non-hydrogen) atoms. The van der Waals surface area contributed by atoms with Gasteiger partial charge in [-0.2, -0.15) is 0 Å². The molecule has 1 aromatic rings. The maximum atomic E-state index is 10.9. The van der Waals surface area contributed by atoms with Gasteiger partial charge in [0.25, 0.3) is 0 Å². The lowest BCUT2D eigenvalue weighted by atomic mass is 10.0. The highest BCUT2D eigenvalue weighted by molar-refractivity contribution is 7.07. The van der Waals surface area contributed by atoms with Crippen molar-refractivity contribution >= 4 is 11.3 Å². The molecule has 1 aliphatic rings. The van der Waals surface area contributed by atoms with E-state index < -0.39 is 0 Å². The van der Waals surface area contributed by atoms with Crippen molar-refractivity contribution in [2.24, 2.45) is 5.92 Å². The third kappa shape index (κ3) is 3.73. The fraction of sp³-hybridized carbons (Fsp3) is 0.727. The molecule has 5 heteroatoms. The summed E-state index contributed by atoms with van der Waals surface area (Å²) in [6, 6.07) is 0. The van der Waals surface area contributed by atoms with Crippen molar-refractivity contribution in [1.82, 2.24) is 15.6 Å². The van der Waals surface area contributed by atoms with Gasteiger partial charge in [0, 0.05) is 17.6 Å². The SMILES string of the molecule is O=c1[nH]c(CNCCCC2CCNC2)cs1. The van der Waals surface area contributed by atoms with Gasteiger partial charge in [0.1, 0.15) is 0 Å². The van der Waals surface area contributed by atoms with E-state index in [1.165, 1.54) is 43.7 Å². The molecule has 0 radical (unpaired) electrons. The van der Waals surface area contributed by atoms with E-state index in [0.717, 1.165) is 24.7 Å². The Morgan fingerprint density at radius 1 is 1.56 bits per heavy atom. The van der Waals surface area contributed by atoms with Crippen molar-refractivity contribution in [1.29, 1.82) is 0 Å². The molecule has 1 aliphatic heterocycles. The van der Waals surface area contributed by atoms with Crippen LogP contribution in [-0.4, -0.2) is 24.6 Å². The first-order valence-corrected chi connectivity index (χ1v) is 6.80. The number of nitrogens with one attached hydrogen (secondary N) is 3. The van der Waals surface area contributed by atoms with Gasteiger partial charge in [-0.15, -0.1) is 0 Å². The Labute approximate surface area is 99.5 Å². The molecule has 3 N–H and O–H groups in total. The van der Waals surface area contributed by atoms with Crippen LogP contribution in [0.2, 0.25) is 0 Å². The summed E-state index contributed by atoms with van der Waals surface area (Å²) in [5, 5.41) is 8.62. The van der Waals surface area contributed by atoms with Crippen LogP contribution in [0, 0.1) is 5.92 Å². The van der Waals surface area contributed by atoms with Crippen LogP contribution in [0.25, 0.3) is 0 Å². The first-order chi connectivity index (χ1) is 7.84. The van der Waals surface area contributed by atoms with E-state index in [2.05, 4.69) is 15.6 Å².